The van der Waals surface area contributed by atoms with E-state index in [0.717, 1.165) is 23.3 Å². The highest BCUT2D eigenvalue weighted by molar-refractivity contribution is 5.90. The van der Waals surface area contributed by atoms with E-state index in [0.29, 0.717) is 22.4 Å². The first-order chi connectivity index (χ1) is 14.0. The molecule has 1 amide bonds. The number of rotatable bonds is 5. The smallest absolute Gasteiger partial charge is 0.406 e. The van der Waals surface area contributed by atoms with Gasteiger partial charge in [-0.1, -0.05) is 0 Å². The number of hydrogen-bond acceptors (Lipinski definition) is 4. The molecule has 0 atom stereocenters. The zero-order chi connectivity index (χ0) is 22.1. The van der Waals surface area contributed by atoms with Crippen LogP contribution in [0.4, 0.5) is 18.9 Å². The van der Waals surface area contributed by atoms with Crippen LogP contribution in [-0.4, -0.2) is 21.8 Å². The molecule has 30 heavy (non-hydrogen) atoms. The van der Waals surface area contributed by atoms with E-state index in [2.05, 4.69) is 15.0 Å². The number of ether oxygens (including phenoxy) is 1. The summed E-state index contributed by atoms with van der Waals surface area (Å²) < 4.78 is 41.9. The van der Waals surface area contributed by atoms with Crippen molar-refractivity contribution in [2.75, 3.05) is 5.32 Å². The number of nitrogens with zero attached hydrogens (tertiary/aromatic N) is 2. The lowest BCUT2D eigenvalue weighted by Crippen LogP contribution is -2.26. The molecule has 0 saturated heterocycles. The maximum Gasteiger partial charge on any atom is 0.573 e. The molecule has 1 N–H and O–H groups in total. The quantitative estimate of drug-likeness (QED) is 0.671. The number of carbonyl (C=O) groups excluding carboxylic acids is 1. The van der Waals surface area contributed by atoms with E-state index >= 15 is 0 Å². The lowest BCUT2D eigenvalue weighted by molar-refractivity contribution is -0.274. The van der Waals surface area contributed by atoms with Gasteiger partial charge in [-0.15, -0.1) is 13.2 Å². The van der Waals surface area contributed by atoms with Crippen molar-refractivity contribution in [3.05, 3.63) is 63.6 Å². The molecule has 0 unspecified atom stereocenters. The number of aromatic nitrogens is 2. The highest BCUT2D eigenvalue weighted by atomic mass is 19.4. The zero-order valence-corrected chi connectivity index (χ0v) is 16.6. The summed E-state index contributed by atoms with van der Waals surface area (Å²) in [6.45, 7) is 5.66. The summed E-state index contributed by atoms with van der Waals surface area (Å²) in [4.78, 5) is 29.2. The molecule has 0 saturated carbocycles. The summed E-state index contributed by atoms with van der Waals surface area (Å²) in [5, 5.41) is 2.60. The predicted octanol–water partition coefficient (Wildman–Crippen LogP) is 4.25. The Kier molecular flexibility index (Phi) is 5.82. The van der Waals surface area contributed by atoms with E-state index in [9.17, 15) is 22.8 Å². The van der Waals surface area contributed by atoms with Crippen molar-refractivity contribution < 1.29 is 22.7 Å². The number of benzene rings is 2. The van der Waals surface area contributed by atoms with Gasteiger partial charge in [0.2, 0.25) is 5.91 Å². The van der Waals surface area contributed by atoms with E-state index in [1.54, 1.807) is 6.92 Å². The van der Waals surface area contributed by atoms with E-state index < -0.39 is 6.36 Å². The number of aryl methyl sites for hydroxylation is 4. The second-order valence-corrected chi connectivity index (χ2v) is 6.95. The average molecular weight is 419 g/mol. The van der Waals surface area contributed by atoms with Crippen LogP contribution in [0.3, 0.4) is 0 Å². The van der Waals surface area contributed by atoms with Gasteiger partial charge in [-0.2, -0.15) is 0 Å². The first kappa shape index (κ1) is 21.4. The van der Waals surface area contributed by atoms with Crippen LogP contribution >= 0.6 is 0 Å². The topological polar surface area (TPSA) is 73.2 Å². The van der Waals surface area contributed by atoms with Crippen LogP contribution in [0.25, 0.3) is 11.0 Å². The summed E-state index contributed by atoms with van der Waals surface area (Å²) in [7, 11) is 0. The first-order valence-electron chi connectivity index (χ1n) is 9.17. The molecule has 158 valence electrons. The minimum Gasteiger partial charge on any atom is -0.406 e. The van der Waals surface area contributed by atoms with Crippen LogP contribution in [-0.2, 0) is 11.3 Å². The standard InChI is InChI=1S/C21H20F3N3O3/c1-12-10-17-18(11-13(12)2)27(20(29)14(3)25-17)9-8-19(28)26-15-4-6-16(7-5-15)30-21(22,23)24/h4-7,10-11H,8-9H2,1-3H3,(H,26,28). The van der Waals surface area contributed by atoms with E-state index in [-0.39, 0.29) is 30.2 Å². The lowest BCUT2D eigenvalue weighted by atomic mass is 10.1. The van der Waals surface area contributed by atoms with Crippen LogP contribution in [0.5, 0.6) is 5.75 Å². The van der Waals surface area contributed by atoms with Gasteiger partial charge in [0.05, 0.1) is 11.0 Å². The number of nitrogens with one attached hydrogen (secondary N) is 1. The van der Waals surface area contributed by atoms with Gasteiger partial charge in [-0.3, -0.25) is 9.59 Å². The van der Waals surface area contributed by atoms with Gasteiger partial charge < -0.3 is 14.6 Å². The maximum absolute atomic E-state index is 12.6. The van der Waals surface area contributed by atoms with Gasteiger partial charge in [0, 0.05) is 18.7 Å². The Morgan fingerprint density at radius 1 is 1.10 bits per heavy atom. The van der Waals surface area contributed by atoms with Gasteiger partial charge in [0.1, 0.15) is 11.4 Å². The normalized spacial score (nSPS) is 11.5. The third kappa shape index (κ3) is 4.97. The Morgan fingerprint density at radius 3 is 2.37 bits per heavy atom. The van der Waals surface area contributed by atoms with Gasteiger partial charge >= 0.3 is 6.36 Å². The predicted molar refractivity (Wildman–Crippen MR) is 107 cm³/mol. The van der Waals surface area contributed by atoms with Crippen molar-refractivity contribution in [2.45, 2.75) is 40.1 Å². The minimum atomic E-state index is -4.78. The molecule has 0 fully saturated rings. The molecule has 0 bridgehead atoms. The maximum atomic E-state index is 12.6. The Bertz CT molecular complexity index is 1150. The molecule has 1 aromatic heterocycles. The minimum absolute atomic E-state index is 0.00614. The number of anilines is 1. The molecule has 3 rings (SSSR count). The number of fused-ring (bicyclic) bond motifs is 1. The molecule has 2 aromatic carbocycles. The second-order valence-electron chi connectivity index (χ2n) is 6.95. The monoisotopic (exact) mass is 419 g/mol. The molecule has 6 nitrogen and oxygen atoms in total. The Balaban J connectivity index is 1.73. The Labute approximate surface area is 170 Å². The second kappa shape index (κ2) is 8.17. The summed E-state index contributed by atoms with van der Waals surface area (Å²) in [6.07, 6.45) is -4.77. The first-order valence-corrected chi connectivity index (χ1v) is 9.17. The zero-order valence-electron chi connectivity index (χ0n) is 16.6. The largest absolute Gasteiger partial charge is 0.573 e. The summed E-state index contributed by atoms with van der Waals surface area (Å²) >= 11 is 0. The molecule has 3 aromatic rings. The number of alkyl halides is 3. The van der Waals surface area contributed by atoms with Gasteiger partial charge in [0.25, 0.3) is 5.56 Å². The van der Waals surface area contributed by atoms with E-state index in [4.69, 9.17) is 0 Å². The average Bonchev–Trinajstić information content (AvgIpc) is 2.64. The molecule has 9 heteroatoms. The van der Waals surface area contributed by atoms with Crippen molar-refractivity contribution >= 4 is 22.6 Å². The highest BCUT2D eigenvalue weighted by Crippen LogP contribution is 2.24. The lowest BCUT2D eigenvalue weighted by Gasteiger charge is -2.13. The van der Waals surface area contributed by atoms with Crippen molar-refractivity contribution in [3.63, 3.8) is 0 Å². The fourth-order valence-electron chi connectivity index (χ4n) is 3.02. The van der Waals surface area contributed by atoms with Gasteiger partial charge in [-0.05, 0) is 68.3 Å². The van der Waals surface area contributed by atoms with Crippen LogP contribution < -0.4 is 15.6 Å². The van der Waals surface area contributed by atoms with Gasteiger partial charge in [-0.25, -0.2) is 4.98 Å². The number of carbonyl (C=O) groups is 1. The van der Waals surface area contributed by atoms with Crippen LogP contribution in [0.15, 0.2) is 41.2 Å². The fraction of sp³-hybridized carbons (Fsp3) is 0.286. The van der Waals surface area contributed by atoms with Crippen LogP contribution in [0.1, 0.15) is 23.2 Å². The van der Waals surface area contributed by atoms with Crippen LogP contribution in [0.2, 0.25) is 0 Å². The summed E-state index contributed by atoms with van der Waals surface area (Å²) in [6, 6.07) is 8.61. The molecule has 0 aliphatic heterocycles. The third-order valence-electron chi connectivity index (χ3n) is 4.66. The SMILES string of the molecule is Cc1cc2nc(C)c(=O)n(CCC(=O)Nc3ccc(OC(F)(F)F)cc3)c2cc1C. The highest BCUT2D eigenvalue weighted by Gasteiger charge is 2.30. The van der Waals surface area contributed by atoms with Crippen molar-refractivity contribution in [2.24, 2.45) is 0 Å². The van der Waals surface area contributed by atoms with Gasteiger partial charge in [0.15, 0.2) is 0 Å². The fourth-order valence-corrected chi connectivity index (χ4v) is 3.02. The molecular weight excluding hydrogens is 399 g/mol. The molecule has 0 spiro atoms. The van der Waals surface area contributed by atoms with E-state index in [1.165, 1.54) is 16.7 Å². The summed E-state index contributed by atoms with van der Waals surface area (Å²) in [5.41, 5.74) is 3.77. The van der Waals surface area contributed by atoms with Crippen LogP contribution in [0, 0.1) is 20.8 Å². The molecule has 1 heterocycles. The Morgan fingerprint density at radius 2 is 1.73 bits per heavy atom. The number of halogens is 3. The molecule has 0 aliphatic carbocycles. The molecule has 0 aliphatic rings. The van der Waals surface area contributed by atoms with Crippen molar-refractivity contribution in [1.82, 2.24) is 9.55 Å². The summed E-state index contributed by atoms with van der Waals surface area (Å²) in [5.74, 6) is -0.755. The van der Waals surface area contributed by atoms with Crippen molar-refractivity contribution in [1.29, 1.82) is 0 Å². The number of hydrogen-bond donors (Lipinski definition) is 1. The third-order valence-corrected chi connectivity index (χ3v) is 4.66. The molecule has 0 radical (unpaired) electrons. The Hall–Kier alpha value is -3.36. The van der Waals surface area contributed by atoms with Crippen molar-refractivity contribution in [3.8, 4) is 5.75 Å². The van der Waals surface area contributed by atoms with E-state index in [1.807, 2.05) is 26.0 Å². The molecular formula is C21H20F3N3O3. The number of amides is 1.